The molecule has 0 aromatic carbocycles. The van der Waals surface area contributed by atoms with E-state index in [9.17, 15) is 4.79 Å². The normalized spacial score (nSPS) is 29.3. The van der Waals surface area contributed by atoms with E-state index in [2.05, 4.69) is 18.7 Å². The number of nitrogens with two attached hydrogens (primary N) is 1. The third-order valence-corrected chi connectivity index (χ3v) is 4.27. The van der Waals surface area contributed by atoms with Gasteiger partial charge in [-0.05, 0) is 26.3 Å². The molecule has 1 atom stereocenters. The highest BCUT2D eigenvalue weighted by Crippen LogP contribution is 2.22. The molecule has 2 aliphatic rings. The van der Waals surface area contributed by atoms with Crippen LogP contribution in [0.25, 0.3) is 0 Å². The van der Waals surface area contributed by atoms with Crippen LogP contribution in [-0.4, -0.2) is 66.7 Å². The largest absolute Gasteiger partial charge is 0.381 e. The van der Waals surface area contributed by atoms with Crippen LogP contribution >= 0.6 is 0 Å². The van der Waals surface area contributed by atoms with E-state index in [1.165, 1.54) is 0 Å². The van der Waals surface area contributed by atoms with E-state index in [0.717, 1.165) is 26.2 Å². The van der Waals surface area contributed by atoms with E-state index in [-0.39, 0.29) is 5.91 Å². The zero-order chi connectivity index (χ0) is 13.2. The number of carbonyl (C=O) groups excluding carboxylic acids is 1. The average Bonchev–Trinajstić information content (AvgIpc) is 2.38. The van der Waals surface area contributed by atoms with Crippen molar-refractivity contribution in [2.45, 2.75) is 38.3 Å². The van der Waals surface area contributed by atoms with E-state index >= 15 is 0 Å². The second kappa shape index (κ2) is 5.55. The Morgan fingerprint density at radius 2 is 2.06 bits per heavy atom. The lowest BCUT2D eigenvalue weighted by Crippen LogP contribution is -2.62. The SMILES string of the molecule is CCN1CCN(C(=O)C2(N)CCOCC2)CC1C. The summed E-state index contributed by atoms with van der Waals surface area (Å²) in [5, 5.41) is 0. The Morgan fingerprint density at radius 3 is 2.61 bits per heavy atom. The number of ether oxygens (including phenoxy) is 1. The molecule has 2 fully saturated rings. The number of piperazine rings is 1. The highest BCUT2D eigenvalue weighted by molar-refractivity contribution is 5.86. The zero-order valence-electron chi connectivity index (χ0n) is 11.5. The third kappa shape index (κ3) is 2.68. The maximum atomic E-state index is 12.5. The van der Waals surface area contributed by atoms with Gasteiger partial charge in [0.05, 0.1) is 5.54 Å². The number of amides is 1. The maximum Gasteiger partial charge on any atom is 0.242 e. The summed E-state index contributed by atoms with van der Waals surface area (Å²) in [6.45, 7) is 9.15. The van der Waals surface area contributed by atoms with Gasteiger partial charge in [-0.25, -0.2) is 0 Å². The lowest BCUT2D eigenvalue weighted by molar-refractivity contribution is -0.143. The van der Waals surface area contributed by atoms with Crippen LogP contribution in [0, 0.1) is 0 Å². The summed E-state index contributed by atoms with van der Waals surface area (Å²) in [6, 6.07) is 0.427. The van der Waals surface area contributed by atoms with Gasteiger partial charge in [-0.15, -0.1) is 0 Å². The van der Waals surface area contributed by atoms with Crippen LogP contribution in [0.2, 0.25) is 0 Å². The molecule has 104 valence electrons. The number of likely N-dealkylation sites (N-methyl/N-ethyl adjacent to an activating group) is 1. The van der Waals surface area contributed by atoms with Crippen molar-refractivity contribution >= 4 is 5.91 Å². The molecule has 2 saturated heterocycles. The fourth-order valence-electron chi connectivity index (χ4n) is 2.91. The van der Waals surface area contributed by atoms with E-state index in [0.29, 0.717) is 32.1 Å². The quantitative estimate of drug-likeness (QED) is 0.757. The van der Waals surface area contributed by atoms with E-state index < -0.39 is 5.54 Å². The van der Waals surface area contributed by atoms with Gasteiger partial charge in [0, 0.05) is 38.9 Å². The molecule has 1 unspecified atom stereocenters. The third-order valence-electron chi connectivity index (χ3n) is 4.27. The molecular weight excluding hydrogens is 230 g/mol. The van der Waals surface area contributed by atoms with E-state index in [1.54, 1.807) is 0 Å². The summed E-state index contributed by atoms with van der Waals surface area (Å²) < 4.78 is 5.30. The Kier molecular flexibility index (Phi) is 4.25. The summed E-state index contributed by atoms with van der Waals surface area (Å²) >= 11 is 0. The van der Waals surface area contributed by atoms with Crippen molar-refractivity contribution < 1.29 is 9.53 Å². The monoisotopic (exact) mass is 255 g/mol. The summed E-state index contributed by atoms with van der Waals surface area (Å²) in [4.78, 5) is 16.9. The molecule has 0 aliphatic carbocycles. The molecule has 1 amide bonds. The second-order valence-electron chi connectivity index (χ2n) is 5.50. The van der Waals surface area contributed by atoms with Gasteiger partial charge in [0.2, 0.25) is 5.91 Å². The number of rotatable bonds is 2. The van der Waals surface area contributed by atoms with Crippen LogP contribution < -0.4 is 5.73 Å². The minimum absolute atomic E-state index is 0.119. The first-order valence-electron chi connectivity index (χ1n) is 6.97. The van der Waals surface area contributed by atoms with Crippen LogP contribution in [0.4, 0.5) is 0 Å². The lowest BCUT2D eigenvalue weighted by atomic mass is 9.89. The Balaban J connectivity index is 1.97. The molecule has 0 spiro atoms. The second-order valence-corrected chi connectivity index (χ2v) is 5.50. The Labute approximate surface area is 109 Å². The molecule has 2 N–H and O–H groups in total. The predicted octanol–water partition coefficient (Wildman–Crippen LogP) is 0.0469. The molecule has 5 nitrogen and oxygen atoms in total. The van der Waals surface area contributed by atoms with Gasteiger partial charge in [0.25, 0.3) is 0 Å². The van der Waals surface area contributed by atoms with Crippen molar-refractivity contribution in [2.75, 3.05) is 39.4 Å². The molecule has 0 saturated carbocycles. The van der Waals surface area contributed by atoms with Crippen molar-refractivity contribution in [2.24, 2.45) is 5.73 Å². The smallest absolute Gasteiger partial charge is 0.242 e. The standard InChI is InChI=1S/C13H25N3O2/c1-3-15-6-7-16(10-11(15)2)12(17)13(14)4-8-18-9-5-13/h11H,3-10,14H2,1-2H3. The minimum atomic E-state index is -0.688. The van der Waals surface area contributed by atoms with Gasteiger partial charge in [-0.2, -0.15) is 0 Å². The van der Waals surface area contributed by atoms with Gasteiger partial charge in [0.15, 0.2) is 0 Å². The van der Waals surface area contributed by atoms with Crippen LogP contribution in [0.1, 0.15) is 26.7 Å². The molecule has 5 heteroatoms. The molecule has 0 radical (unpaired) electrons. The number of carbonyl (C=O) groups is 1. The van der Waals surface area contributed by atoms with Crippen LogP contribution in [0.5, 0.6) is 0 Å². The van der Waals surface area contributed by atoms with Gasteiger partial charge in [0.1, 0.15) is 0 Å². The fourth-order valence-corrected chi connectivity index (χ4v) is 2.91. The molecule has 0 aromatic heterocycles. The van der Waals surface area contributed by atoms with E-state index in [4.69, 9.17) is 10.5 Å². The Hall–Kier alpha value is -0.650. The molecule has 0 aromatic rings. The first-order valence-corrected chi connectivity index (χ1v) is 6.97. The topological polar surface area (TPSA) is 58.8 Å². The Bertz CT molecular complexity index is 303. The minimum Gasteiger partial charge on any atom is -0.381 e. The molecular formula is C13H25N3O2. The summed E-state index contributed by atoms with van der Waals surface area (Å²) in [7, 11) is 0. The summed E-state index contributed by atoms with van der Waals surface area (Å²) in [6.07, 6.45) is 1.29. The molecule has 2 rings (SSSR count). The first kappa shape index (κ1) is 13.8. The summed E-state index contributed by atoms with van der Waals surface area (Å²) in [5.41, 5.74) is 5.57. The van der Waals surface area contributed by atoms with Crippen LogP contribution in [-0.2, 0) is 9.53 Å². The van der Waals surface area contributed by atoms with Gasteiger partial charge in [-0.3, -0.25) is 9.69 Å². The molecule has 18 heavy (non-hydrogen) atoms. The van der Waals surface area contributed by atoms with Crippen molar-refractivity contribution in [3.8, 4) is 0 Å². The van der Waals surface area contributed by atoms with Crippen molar-refractivity contribution in [3.63, 3.8) is 0 Å². The van der Waals surface area contributed by atoms with E-state index in [1.807, 2.05) is 4.90 Å². The highest BCUT2D eigenvalue weighted by atomic mass is 16.5. The number of hydrogen-bond acceptors (Lipinski definition) is 4. The summed E-state index contributed by atoms with van der Waals surface area (Å²) in [5.74, 6) is 0.119. The first-order chi connectivity index (χ1) is 8.57. The van der Waals surface area contributed by atoms with Gasteiger partial charge < -0.3 is 15.4 Å². The number of hydrogen-bond donors (Lipinski definition) is 1. The number of nitrogens with zero attached hydrogens (tertiary/aromatic N) is 2. The highest BCUT2D eigenvalue weighted by Gasteiger charge is 2.40. The van der Waals surface area contributed by atoms with Crippen molar-refractivity contribution in [1.29, 1.82) is 0 Å². The predicted molar refractivity (Wildman–Crippen MR) is 70.3 cm³/mol. The lowest BCUT2D eigenvalue weighted by Gasteiger charge is -2.43. The van der Waals surface area contributed by atoms with Crippen LogP contribution in [0.15, 0.2) is 0 Å². The van der Waals surface area contributed by atoms with Crippen LogP contribution in [0.3, 0.4) is 0 Å². The van der Waals surface area contributed by atoms with Gasteiger partial charge >= 0.3 is 0 Å². The molecule has 2 aliphatic heterocycles. The Morgan fingerprint density at radius 1 is 1.39 bits per heavy atom. The zero-order valence-corrected chi connectivity index (χ0v) is 11.5. The van der Waals surface area contributed by atoms with Gasteiger partial charge in [-0.1, -0.05) is 6.92 Å². The van der Waals surface area contributed by atoms with Crippen molar-refractivity contribution in [3.05, 3.63) is 0 Å². The molecule has 2 heterocycles. The molecule has 0 bridgehead atoms. The average molecular weight is 255 g/mol. The fraction of sp³-hybridized carbons (Fsp3) is 0.923. The maximum absolute atomic E-state index is 12.5. The van der Waals surface area contributed by atoms with Crippen molar-refractivity contribution in [1.82, 2.24) is 9.80 Å².